The number of aromatic nitrogens is 8. The maximum Gasteiger partial charge on any atom is 0.247 e. The van der Waals surface area contributed by atoms with Gasteiger partial charge in [0.15, 0.2) is 34.5 Å². The quantitative estimate of drug-likeness (QED) is 0.0199. The van der Waals surface area contributed by atoms with Crippen molar-refractivity contribution in [3.63, 3.8) is 0 Å². The third-order valence-corrected chi connectivity index (χ3v) is 17.1. The van der Waals surface area contributed by atoms with Gasteiger partial charge in [0.2, 0.25) is 5.91 Å². The van der Waals surface area contributed by atoms with Crippen LogP contribution in [0.15, 0.2) is 208 Å². The first-order valence-corrected chi connectivity index (χ1v) is 39.8. The van der Waals surface area contributed by atoms with E-state index in [0.29, 0.717) is 97.2 Å². The van der Waals surface area contributed by atoms with Crippen LogP contribution in [0.1, 0.15) is 68.2 Å². The van der Waals surface area contributed by atoms with Gasteiger partial charge in [-0.2, -0.15) is 0 Å². The molecule has 0 bridgehead atoms. The van der Waals surface area contributed by atoms with Crippen molar-refractivity contribution in [2.24, 2.45) is 0 Å². The lowest BCUT2D eigenvalue weighted by molar-refractivity contribution is -0.111. The minimum Gasteiger partial charge on any atom is -0.493 e. The molecule has 2 aliphatic heterocycles. The molecule has 2 aliphatic rings. The predicted octanol–water partition coefficient (Wildman–Crippen LogP) is 18.0. The standard InChI is InChI=1S/C24H27N5O3.C22H26N4O3.C20H23N3O4.C16H15N3O2.4C2H6/c1-2-23(30)28-21-15-19-20(25-17-26-24(19)27-18-7-4-3-5-8-18)16-22(21)32-12-6-9-29-10-13-31-14-11-29;1-27-20-15-19-18(22(24-16-23-19)25-17-6-3-2-4-7-17)14-21(20)29-11-5-8-26-9-12-28-13-10-26;1-24-8-10-26-18-12-16-17(13-19(18)27-11-9-25-2)21-14-22-20(16)23-15-6-4-3-5-7-15;1-20-14-8-12-13(9-15(14)21-2)17-10-18-16(12)19-11-6-4-3-5-7-11;4*1-2/h2-5,7-8,15-17H,1,6,9-14H2,(H,28,30)(H,25,26,27);2-4,6-7,14-16H,5,8-13H2,1H3,(H,23,24,25);3-7,12-14H,8-11H2,1-2H3,(H,21,22,23);3-10H,1-2H3,(H,17,18,19);4*1-2H3. The van der Waals surface area contributed by atoms with Crippen molar-refractivity contribution in [2.75, 3.05) is 167 Å². The molecule has 0 unspecified atom stereocenters. The Labute approximate surface area is 688 Å². The predicted molar refractivity (Wildman–Crippen MR) is 470 cm³/mol. The summed E-state index contributed by atoms with van der Waals surface area (Å²) in [7, 11) is 8.13. The van der Waals surface area contributed by atoms with Crippen LogP contribution >= 0.6 is 0 Å². The number of anilines is 9. The van der Waals surface area contributed by atoms with Gasteiger partial charge in [-0.3, -0.25) is 14.6 Å². The second-order valence-electron chi connectivity index (χ2n) is 24.5. The molecule has 4 aromatic heterocycles. The summed E-state index contributed by atoms with van der Waals surface area (Å²) in [6.07, 6.45) is 9.17. The SMILES string of the molecule is C=CC(=O)Nc1cc2c(Nc3ccccc3)ncnc2cc1OCCCN1CCOCC1.CC.CC.CC.CC.COCCOc1cc2ncnc(Nc3ccccc3)c2cc1OCCOC.COc1cc2ncnc(Nc3ccccc3)c2cc1OC.COc1cc2ncnc(Nc3ccccc3)c2cc1OCCCN1CCOCC1. The summed E-state index contributed by atoms with van der Waals surface area (Å²) >= 11 is 0. The minimum atomic E-state index is -0.308. The molecule has 0 spiro atoms. The Kier molecular flexibility index (Phi) is 41.8. The number of para-hydroxylation sites is 4. The van der Waals surface area contributed by atoms with Crippen molar-refractivity contribution in [3.05, 3.63) is 208 Å². The Morgan fingerprint density at radius 3 is 0.991 bits per heavy atom. The van der Waals surface area contributed by atoms with Crippen LogP contribution in [0.5, 0.6) is 40.2 Å². The Balaban J connectivity index is 0.000000211. The number of ether oxygens (including phenoxy) is 11. The maximum atomic E-state index is 12.0. The van der Waals surface area contributed by atoms with Gasteiger partial charge < -0.3 is 78.7 Å². The Morgan fingerprint density at radius 2 is 0.650 bits per heavy atom. The summed E-state index contributed by atoms with van der Waals surface area (Å²) < 4.78 is 60.8. The van der Waals surface area contributed by atoms with E-state index in [1.54, 1.807) is 41.9 Å². The average molecular weight is 1600 g/mol. The van der Waals surface area contributed by atoms with Crippen LogP contribution in [0.2, 0.25) is 0 Å². The van der Waals surface area contributed by atoms with Crippen molar-refractivity contribution in [3.8, 4) is 40.2 Å². The largest absolute Gasteiger partial charge is 0.493 e. The summed E-state index contributed by atoms with van der Waals surface area (Å²) in [4.78, 5) is 51.7. The Bertz CT molecular complexity index is 4830. The van der Waals surface area contributed by atoms with Gasteiger partial charge in [0, 0.05) is 122 Å². The van der Waals surface area contributed by atoms with E-state index in [1.165, 1.54) is 25.1 Å². The first-order valence-electron chi connectivity index (χ1n) is 39.8. The molecule has 1 amide bonds. The topological polar surface area (TPSA) is 288 Å². The fraction of sp³-hybridized carbons (Fsp3) is 0.344. The number of hydrogen-bond donors (Lipinski definition) is 5. The van der Waals surface area contributed by atoms with Gasteiger partial charge >= 0.3 is 0 Å². The van der Waals surface area contributed by atoms with Crippen molar-refractivity contribution in [2.45, 2.75) is 68.2 Å². The summed E-state index contributed by atoms with van der Waals surface area (Å²) in [5.41, 5.74) is 7.42. The highest BCUT2D eigenvalue weighted by molar-refractivity contribution is 6.03. The molecular weight excluding hydrogens is 1480 g/mol. The van der Waals surface area contributed by atoms with Gasteiger partial charge in [-0.05, 0) is 91.7 Å². The zero-order chi connectivity index (χ0) is 83.6. The monoisotopic (exact) mass is 1600 g/mol. The van der Waals surface area contributed by atoms with E-state index >= 15 is 0 Å². The number of nitrogens with one attached hydrogen (secondary N) is 5. The van der Waals surface area contributed by atoms with Crippen LogP contribution in [0.3, 0.4) is 0 Å². The van der Waals surface area contributed by atoms with Crippen LogP contribution in [-0.4, -0.2) is 196 Å². The first-order chi connectivity index (χ1) is 57.7. The van der Waals surface area contributed by atoms with Crippen molar-refractivity contribution in [1.82, 2.24) is 49.7 Å². The lowest BCUT2D eigenvalue weighted by Gasteiger charge is -2.26. The number of hydrogen-bond acceptors (Lipinski definition) is 26. The zero-order valence-corrected chi connectivity index (χ0v) is 69.9. The number of fused-ring (bicyclic) bond motifs is 4. The molecule has 2 fully saturated rings. The number of benzene rings is 8. The van der Waals surface area contributed by atoms with Crippen molar-refractivity contribution < 1.29 is 56.9 Å². The lowest BCUT2D eigenvalue weighted by atomic mass is 10.1. The average Bonchev–Trinajstić information content (AvgIpc) is 0.812. The fourth-order valence-electron chi connectivity index (χ4n) is 11.6. The summed E-state index contributed by atoms with van der Waals surface area (Å²) in [5.74, 6) is 6.97. The smallest absolute Gasteiger partial charge is 0.247 e. The summed E-state index contributed by atoms with van der Waals surface area (Å²) in [6, 6.07) is 54.4. The molecule has 27 nitrogen and oxygen atoms in total. The second kappa shape index (κ2) is 53.1. The second-order valence-corrected chi connectivity index (χ2v) is 24.5. The molecular formula is C90H115N15O12. The highest BCUT2D eigenvalue weighted by atomic mass is 16.6. The fourth-order valence-corrected chi connectivity index (χ4v) is 11.6. The Hall–Kier alpha value is -12.1. The van der Waals surface area contributed by atoms with Gasteiger partial charge in [0.1, 0.15) is 67.5 Å². The van der Waals surface area contributed by atoms with Gasteiger partial charge in [0.25, 0.3) is 0 Å². The van der Waals surface area contributed by atoms with E-state index in [4.69, 9.17) is 52.1 Å². The van der Waals surface area contributed by atoms with Crippen molar-refractivity contribution in [1.29, 1.82) is 0 Å². The number of carbonyl (C=O) groups excluding carboxylic acids is 1. The van der Waals surface area contributed by atoms with E-state index in [0.717, 1.165) is 157 Å². The number of morpholine rings is 2. The van der Waals surface area contributed by atoms with E-state index in [-0.39, 0.29) is 5.91 Å². The summed E-state index contributed by atoms with van der Waals surface area (Å²) in [6.45, 7) is 31.5. The molecule has 117 heavy (non-hydrogen) atoms. The number of amides is 1. The first kappa shape index (κ1) is 92.1. The normalized spacial score (nSPS) is 12.0. The number of rotatable bonds is 31. The molecule has 8 aromatic carbocycles. The number of nitrogens with zero attached hydrogens (tertiary/aromatic N) is 10. The van der Waals surface area contributed by atoms with Crippen LogP contribution in [0.4, 0.5) is 51.7 Å². The van der Waals surface area contributed by atoms with E-state index < -0.39 is 0 Å². The number of methoxy groups -OCH3 is 5. The molecule has 12 aromatic rings. The van der Waals surface area contributed by atoms with Gasteiger partial charge in [-0.15, -0.1) is 0 Å². The molecule has 0 atom stereocenters. The molecule has 27 heteroatoms. The van der Waals surface area contributed by atoms with Crippen LogP contribution in [0.25, 0.3) is 43.6 Å². The van der Waals surface area contributed by atoms with E-state index in [2.05, 4.69) is 82.8 Å². The highest BCUT2D eigenvalue weighted by Crippen LogP contribution is 2.39. The zero-order valence-electron chi connectivity index (χ0n) is 69.9. The molecule has 0 aliphatic carbocycles. The number of carbonyl (C=O) groups is 1. The van der Waals surface area contributed by atoms with Crippen molar-refractivity contribution >= 4 is 101 Å². The molecule has 5 N–H and O–H groups in total. The van der Waals surface area contributed by atoms with E-state index in [1.807, 2.05) is 225 Å². The summed E-state index contributed by atoms with van der Waals surface area (Å²) in [5, 5.41) is 19.5. The van der Waals surface area contributed by atoms with Crippen LogP contribution < -0.4 is 59.7 Å². The Morgan fingerprint density at radius 1 is 0.368 bits per heavy atom. The lowest BCUT2D eigenvalue weighted by Crippen LogP contribution is -2.37. The third-order valence-electron chi connectivity index (χ3n) is 17.1. The molecule has 622 valence electrons. The molecule has 14 rings (SSSR count). The maximum absolute atomic E-state index is 12.0. The molecule has 0 saturated carbocycles. The molecule has 0 radical (unpaired) electrons. The van der Waals surface area contributed by atoms with Gasteiger partial charge in [-0.25, -0.2) is 39.9 Å². The molecule has 6 heterocycles. The highest BCUT2D eigenvalue weighted by Gasteiger charge is 2.19. The third kappa shape index (κ3) is 29.3. The minimum absolute atomic E-state index is 0.308. The van der Waals surface area contributed by atoms with Gasteiger partial charge in [0.05, 0.1) is 102 Å². The van der Waals surface area contributed by atoms with Crippen LogP contribution in [-0.2, 0) is 23.7 Å². The van der Waals surface area contributed by atoms with E-state index in [9.17, 15) is 4.79 Å². The van der Waals surface area contributed by atoms with Crippen LogP contribution in [0, 0.1) is 0 Å². The van der Waals surface area contributed by atoms with Gasteiger partial charge in [-0.1, -0.05) is 135 Å². The molecule has 2 saturated heterocycles.